The molecule has 2 aromatic rings. The molecule has 1 aliphatic rings. The average molecular weight is 355 g/mol. The van der Waals surface area contributed by atoms with Crippen LogP contribution in [0.5, 0.6) is 11.5 Å². The van der Waals surface area contributed by atoms with Crippen LogP contribution in [-0.4, -0.2) is 41.5 Å². The molecule has 0 unspecified atom stereocenters. The minimum atomic E-state index is 0.623. The lowest BCUT2D eigenvalue weighted by molar-refractivity contribution is 0.136. The highest BCUT2D eigenvalue weighted by molar-refractivity contribution is 5.31. The molecule has 1 aliphatic heterocycles. The normalized spacial score (nSPS) is 15.8. The Hall–Kier alpha value is -2.27. The van der Waals surface area contributed by atoms with Crippen LogP contribution in [0.4, 0.5) is 0 Å². The molecular formula is C21H29N3O2. The van der Waals surface area contributed by atoms with E-state index < -0.39 is 0 Å². The smallest absolute Gasteiger partial charge is 0.119 e. The Morgan fingerprint density at radius 3 is 2.54 bits per heavy atom. The lowest BCUT2D eigenvalue weighted by Gasteiger charge is -2.31. The molecule has 140 valence electrons. The van der Waals surface area contributed by atoms with Gasteiger partial charge in [-0.05, 0) is 63.0 Å². The van der Waals surface area contributed by atoms with E-state index in [-0.39, 0.29) is 0 Å². The fraction of sp³-hybridized carbons (Fsp3) is 0.476. The molecule has 0 atom stereocenters. The predicted molar refractivity (Wildman–Crippen MR) is 104 cm³/mol. The van der Waals surface area contributed by atoms with Gasteiger partial charge in [0, 0.05) is 17.8 Å². The second kappa shape index (κ2) is 8.90. The molecule has 1 aromatic heterocycles. The molecule has 5 heteroatoms. The van der Waals surface area contributed by atoms with Crippen LogP contribution in [0.3, 0.4) is 0 Å². The van der Waals surface area contributed by atoms with E-state index in [0.29, 0.717) is 5.92 Å². The molecule has 5 nitrogen and oxygen atoms in total. The molecule has 0 amide bonds. The number of ether oxygens (including phenoxy) is 2. The van der Waals surface area contributed by atoms with Gasteiger partial charge in [-0.3, -0.25) is 9.58 Å². The summed E-state index contributed by atoms with van der Waals surface area (Å²) in [6.07, 6.45) is 6.24. The van der Waals surface area contributed by atoms with E-state index >= 15 is 0 Å². The first-order valence-electron chi connectivity index (χ1n) is 9.31. The maximum Gasteiger partial charge on any atom is 0.119 e. The van der Waals surface area contributed by atoms with Crippen molar-refractivity contribution in [2.24, 2.45) is 5.92 Å². The zero-order chi connectivity index (χ0) is 18.4. The number of methoxy groups -OCH3 is 1. The van der Waals surface area contributed by atoms with E-state index in [1.165, 1.54) is 24.1 Å². The SMILES string of the molecule is C=CCn1ncc(CN2CCC(COc3ccc(OC)cc3)CC2)c1C. The Morgan fingerprint density at radius 2 is 1.88 bits per heavy atom. The largest absolute Gasteiger partial charge is 0.497 e. The highest BCUT2D eigenvalue weighted by atomic mass is 16.5. The standard InChI is InChI=1S/C21H29N3O2/c1-4-11-24-17(2)19(14-22-24)15-23-12-9-18(10-13-23)16-26-21-7-5-20(25-3)6-8-21/h4-8,14,18H,1,9-13,15-16H2,2-3H3. The minimum absolute atomic E-state index is 0.623. The molecule has 1 saturated heterocycles. The third-order valence-electron chi connectivity index (χ3n) is 5.15. The molecule has 1 fully saturated rings. The van der Waals surface area contributed by atoms with Crippen LogP contribution >= 0.6 is 0 Å². The molecule has 0 saturated carbocycles. The molecule has 0 bridgehead atoms. The highest BCUT2D eigenvalue weighted by Gasteiger charge is 2.21. The summed E-state index contributed by atoms with van der Waals surface area (Å²) in [5.41, 5.74) is 2.56. The summed E-state index contributed by atoms with van der Waals surface area (Å²) in [6.45, 7) is 10.7. The number of allylic oxidation sites excluding steroid dienone is 1. The number of benzene rings is 1. The average Bonchev–Trinajstić information content (AvgIpc) is 3.02. The monoisotopic (exact) mass is 355 g/mol. The molecule has 0 spiro atoms. The van der Waals surface area contributed by atoms with Crippen molar-refractivity contribution in [2.45, 2.75) is 32.9 Å². The maximum atomic E-state index is 5.95. The molecule has 0 radical (unpaired) electrons. The molecule has 0 N–H and O–H groups in total. The molecule has 0 aliphatic carbocycles. The first-order chi connectivity index (χ1) is 12.7. The Balaban J connectivity index is 1.43. The van der Waals surface area contributed by atoms with Crippen molar-refractivity contribution < 1.29 is 9.47 Å². The van der Waals surface area contributed by atoms with Crippen molar-refractivity contribution in [1.29, 1.82) is 0 Å². The van der Waals surface area contributed by atoms with Gasteiger partial charge in [0.15, 0.2) is 0 Å². The van der Waals surface area contributed by atoms with E-state index in [2.05, 4.69) is 23.5 Å². The van der Waals surface area contributed by atoms with Gasteiger partial charge in [0.2, 0.25) is 0 Å². The summed E-state index contributed by atoms with van der Waals surface area (Å²) in [4.78, 5) is 2.52. The number of likely N-dealkylation sites (tertiary alicyclic amines) is 1. The van der Waals surface area contributed by atoms with Crippen LogP contribution in [0, 0.1) is 12.8 Å². The zero-order valence-corrected chi connectivity index (χ0v) is 15.9. The fourth-order valence-electron chi connectivity index (χ4n) is 3.38. The quantitative estimate of drug-likeness (QED) is 0.677. The molecule has 3 rings (SSSR count). The van der Waals surface area contributed by atoms with Gasteiger partial charge in [-0.1, -0.05) is 6.08 Å². The second-order valence-electron chi connectivity index (χ2n) is 6.93. The summed E-state index contributed by atoms with van der Waals surface area (Å²) in [5, 5.41) is 4.45. The van der Waals surface area contributed by atoms with Crippen molar-refractivity contribution in [3.63, 3.8) is 0 Å². The van der Waals surface area contributed by atoms with Crippen LogP contribution < -0.4 is 9.47 Å². The van der Waals surface area contributed by atoms with Crippen LogP contribution in [-0.2, 0) is 13.1 Å². The van der Waals surface area contributed by atoms with E-state index in [4.69, 9.17) is 9.47 Å². The maximum absolute atomic E-state index is 5.95. The summed E-state index contributed by atoms with van der Waals surface area (Å²) in [7, 11) is 1.68. The lowest BCUT2D eigenvalue weighted by Crippen LogP contribution is -2.35. The van der Waals surface area contributed by atoms with Crippen LogP contribution in [0.1, 0.15) is 24.1 Å². The van der Waals surface area contributed by atoms with Gasteiger partial charge in [-0.25, -0.2) is 0 Å². The first kappa shape index (κ1) is 18.5. The van der Waals surface area contributed by atoms with E-state index in [1.807, 2.05) is 41.2 Å². The number of aromatic nitrogens is 2. The van der Waals surface area contributed by atoms with Crippen molar-refractivity contribution in [2.75, 3.05) is 26.8 Å². The third kappa shape index (κ3) is 4.67. The van der Waals surface area contributed by atoms with Crippen molar-refractivity contribution in [3.05, 3.63) is 54.4 Å². The molecule has 1 aromatic carbocycles. The van der Waals surface area contributed by atoms with Crippen molar-refractivity contribution >= 4 is 0 Å². The fourth-order valence-corrected chi connectivity index (χ4v) is 3.38. The number of rotatable bonds is 8. The van der Waals surface area contributed by atoms with Crippen LogP contribution in [0.25, 0.3) is 0 Å². The molecule has 26 heavy (non-hydrogen) atoms. The molecule has 2 heterocycles. The van der Waals surface area contributed by atoms with Gasteiger partial charge in [-0.15, -0.1) is 6.58 Å². The number of hydrogen-bond acceptors (Lipinski definition) is 4. The highest BCUT2D eigenvalue weighted by Crippen LogP contribution is 2.23. The van der Waals surface area contributed by atoms with Crippen LogP contribution in [0.15, 0.2) is 43.1 Å². The number of piperidine rings is 1. The van der Waals surface area contributed by atoms with E-state index in [9.17, 15) is 0 Å². The molecular weight excluding hydrogens is 326 g/mol. The van der Waals surface area contributed by atoms with E-state index in [0.717, 1.165) is 44.3 Å². The second-order valence-corrected chi connectivity index (χ2v) is 6.93. The summed E-state index contributed by atoms with van der Waals surface area (Å²) >= 11 is 0. The van der Waals surface area contributed by atoms with E-state index in [1.54, 1.807) is 7.11 Å². The Labute approximate surface area is 156 Å². The van der Waals surface area contributed by atoms with Gasteiger partial charge >= 0.3 is 0 Å². The van der Waals surface area contributed by atoms with Gasteiger partial charge in [0.1, 0.15) is 11.5 Å². The van der Waals surface area contributed by atoms with Gasteiger partial charge < -0.3 is 9.47 Å². The van der Waals surface area contributed by atoms with Gasteiger partial charge in [0.05, 0.1) is 26.5 Å². The zero-order valence-electron chi connectivity index (χ0n) is 15.9. The topological polar surface area (TPSA) is 39.5 Å². The minimum Gasteiger partial charge on any atom is -0.497 e. The first-order valence-corrected chi connectivity index (χ1v) is 9.31. The summed E-state index contributed by atoms with van der Waals surface area (Å²) < 4.78 is 13.1. The summed E-state index contributed by atoms with van der Waals surface area (Å²) in [5.74, 6) is 2.40. The van der Waals surface area contributed by atoms with Gasteiger partial charge in [-0.2, -0.15) is 5.10 Å². The number of nitrogens with zero attached hydrogens (tertiary/aromatic N) is 3. The predicted octanol–water partition coefficient (Wildman–Crippen LogP) is 3.68. The Kier molecular flexibility index (Phi) is 6.34. The third-order valence-corrected chi connectivity index (χ3v) is 5.15. The van der Waals surface area contributed by atoms with Crippen LogP contribution in [0.2, 0.25) is 0 Å². The van der Waals surface area contributed by atoms with Crippen molar-refractivity contribution in [1.82, 2.24) is 14.7 Å². The Bertz CT molecular complexity index is 701. The summed E-state index contributed by atoms with van der Waals surface area (Å²) in [6, 6.07) is 7.81. The van der Waals surface area contributed by atoms with Gasteiger partial charge in [0.25, 0.3) is 0 Å². The number of hydrogen-bond donors (Lipinski definition) is 0. The lowest BCUT2D eigenvalue weighted by atomic mass is 9.97. The van der Waals surface area contributed by atoms with Crippen molar-refractivity contribution in [3.8, 4) is 11.5 Å². The Morgan fingerprint density at radius 1 is 1.19 bits per heavy atom.